The molecule has 0 aliphatic heterocycles. The maximum absolute atomic E-state index is 11.4. The van der Waals surface area contributed by atoms with Crippen LogP contribution in [0.1, 0.15) is 46.0 Å². The van der Waals surface area contributed by atoms with Crippen molar-refractivity contribution in [3.05, 3.63) is 0 Å². The van der Waals surface area contributed by atoms with Crippen molar-refractivity contribution in [1.82, 2.24) is 0 Å². The average molecular weight is 246 g/mol. The van der Waals surface area contributed by atoms with Crippen LogP contribution in [0.3, 0.4) is 0 Å². The van der Waals surface area contributed by atoms with Crippen LogP contribution < -0.4 is 0 Å². The van der Waals surface area contributed by atoms with E-state index in [-0.39, 0.29) is 5.97 Å². The van der Waals surface area contributed by atoms with Gasteiger partial charge in [-0.3, -0.25) is 0 Å². The molecule has 0 saturated carbocycles. The van der Waals surface area contributed by atoms with E-state index in [2.05, 4.69) is 13.8 Å². The third-order valence-corrected chi connectivity index (χ3v) is 2.47. The molecule has 0 amide bonds. The normalized spacial score (nSPS) is 12.4. The zero-order valence-corrected chi connectivity index (χ0v) is 11.4. The zero-order chi connectivity index (χ0) is 12.9. The molecule has 1 atom stereocenters. The van der Waals surface area contributed by atoms with Gasteiger partial charge in [0.05, 0.1) is 20.3 Å². The average Bonchev–Trinajstić information content (AvgIpc) is 2.36. The van der Waals surface area contributed by atoms with E-state index in [1.54, 1.807) is 0 Å². The molecule has 0 N–H and O–H groups in total. The van der Waals surface area contributed by atoms with Gasteiger partial charge in [0.2, 0.25) is 0 Å². The monoisotopic (exact) mass is 246 g/mol. The lowest BCUT2D eigenvalue weighted by atomic mass is 10.1. The largest absolute Gasteiger partial charge is 0.467 e. The summed E-state index contributed by atoms with van der Waals surface area (Å²) in [5.41, 5.74) is 0. The van der Waals surface area contributed by atoms with E-state index in [0.717, 1.165) is 38.7 Å². The van der Waals surface area contributed by atoms with E-state index >= 15 is 0 Å². The first-order valence-electron chi connectivity index (χ1n) is 6.53. The fraction of sp³-hybridized carbons (Fsp3) is 0.923. The van der Waals surface area contributed by atoms with Crippen molar-refractivity contribution in [2.24, 2.45) is 0 Å². The molecule has 102 valence electrons. The topological polar surface area (TPSA) is 44.8 Å². The van der Waals surface area contributed by atoms with Gasteiger partial charge in [0.1, 0.15) is 0 Å². The number of carbonyl (C=O) groups is 1. The van der Waals surface area contributed by atoms with E-state index in [0.29, 0.717) is 13.2 Å². The number of unbranched alkanes of at least 4 members (excludes halogenated alkanes) is 2. The highest BCUT2D eigenvalue weighted by Gasteiger charge is 2.18. The van der Waals surface area contributed by atoms with Crippen LogP contribution in [0.2, 0.25) is 0 Å². The van der Waals surface area contributed by atoms with Crippen molar-refractivity contribution >= 4 is 5.97 Å². The molecule has 0 bridgehead atoms. The molecular weight excluding hydrogens is 220 g/mol. The lowest BCUT2D eigenvalue weighted by Crippen LogP contribution is -2.27. The van der Waals surface area contributed by atoms with Gasteiger partial charge in [-0.1, -0.05) is 33.1 Å². The summed E-state index contributed by atoms with van der Waals surface area (Å²) in [4.78, 5) is 11.4. The van der Waals surface area contributed by atoms with Crippen molar-refractivity contribution in [1.29, 1.82) is 0 Å². The second-order valence-electron chi connectivity index (χ2n) is 3.99. The van der Waals surface area contributed by atoms with Gasteiger partial charge in [0.15, 0.2) is 6.10 Å². The van der Waals surface area contributed by atoms with Crippen LogP contribution in [0.4, 0.5) is 0 Å². The summed E-state index contributed by atoms with van der Waals surface area (Å²) in [6.45, 7) is 5.96. The Balaban J connectivity index is 3.64. The van der Waals surface area contributed by atoms with Gasteiger partial charge in [-0.25, -0.2) is 4.79 Å². The van der Waals surface area contributed by atoms with E-state index in [4.69, 9.17) is 14.2 Å². The number of ether oxygens (including phenoxy) is 3. The number of methoxy groups -OCH3 is 1. The zero-order valence-electron chi connectivity index (χ0n) is 11.4. The molecule has 4 nitrogen and oxygen atoms in total. The van der Waals surface area contributed by atoms with Crippen molar-refractivity contribution in [3.8, 4) is 0 Å². The predicted octanol–water partition coefficient (Wildman–Crippen LogP) is 2.55. The number of hydrogen-bond donors (Lipinski definition) is 0. The second kappa shape index (κ2) is 11.9. The quantitative estimate of drug-likeness (QED) is 0.415. The Morgan fingerprint density at radius 2 is 1.76 bits per heavy atom. The van der Waals surface area contributed by atoms with Gasteiger partial charge < -0.3 is 14.2 Å². The molecule has 17 heavy (non-hydrogen) atoms. The van der Waals surface area contributed by atoms with Gasteiger partial charge in [-0.15, -0.1) is 0 Å². The minimum Gasteiger partial charge on any atom is -0.467 e. The van der Waals surface area contributed by atoms with E-state index in [1.165, 1.54) is 7.11 Å². The summed E-state index contributed by atoms with van der Waals surface area (Å²) in [6.07, 6.45) is 4.49. The summed E-state index contributed by atoms with van der Waals surface area (Å²) in [7, 11) is 1.39. The third-order valence-electron chi connectivity index (χ3n) is 2.47. The molecule has 1 unspecified atom stereocenters. The Kier molecular flexibility index (Phi) is 11.4. The molecule has 0 aromatic heterocycles. The lowest BCUT2D eigenvalue weighted by molar-refractivity contribution is -0.155. The molecule has 0 saturated heterocycles. The first kappa shape index (κ1) is 16.4. The summed E-state index contributed by atoms with van der Waals surface area (Å²) in [5.74, 6) is -0.285. The molecule has 4 heteroatoms. The van der Waals surface area contributed by atoms with Crippen LogP contribution in [-0.4, -0.2) is 39.0 Å². The summed E-state index contributed by atoms with van der Waals surface area (Å²) < 4.78 is 15.5. The van der Waals surface area contributed by atoms with Gasteiger partial charge in [-0.2, -0.15) is 0 Å². The van der Waals surface area contributed by atoms with Gasteiger partial charge in [-0.05, 0) is 12.8 Å². The first-order valence-corrected chi connectivity index (χ1v) is 6.53. The molecule has 0 aliphatic carbocycles. The minimum absolute atomic E-state index is 0.285. The lowest BCUT2D eigenvalue weighted by Gasteiger charge is -2.15. The standard InChI is InChI=1S/C13H26O4/c1-4-6-8-12(13(14)15-3)17-11-10-16-9-7-5-2/h12H,4-11H2,1-3H3. The highest BCUT2D eigenvalue weighted by molar-refractivity contribution is 5.74. The van der Waals surface area contributed by atoms with Crippen LogP contribution in [0.15, 0.2) is 0 Å². The highest BCUT2D eigenvalue weighted by atomic mass is 16.6. The molecular formula is C13H26O4. The highest BCUT2D eigenvalue weighted by Crippen LogP contribution is 2.06. The van der Waals surface area contributed by atoms with Gasteiger partial charge >= 0.3 is 5.97 Å². The molecule has 0 aromatic rings. The maximum atomic E-state index is 11.4. The van der Waals surface area contributed by atoms with Crippen molar-refractivity contribution < 1.29 is 19.0 Å². The van der Waals surface area contributed by atoms with E-state index < -0.39 is 6.10 Å². The Bertz CT molecular complexity index is 182. The van der Waals surface area contributed by atoms with Crippen molar-refractivity contribution in [2.45, 2.75) is 52.1 Å². The second-order valence-corrected chi connectivity index (χ2v) is 3.99. The Morgan fingerprint density at radius 3 is 2.35 bits per heavy atom. The van der Waals surface area contributed by atoms with Crippen LogP contribution in [0.25, 0.3) is 0 Å². The number of hydrogen-bond acceptors (Lipinski definition) is 4. The summed E-state index contributed by atoms with van der Waals surface area (Å²) in [6, 6.07) is 0. The molecule has 0 aliphatic rings. The van der Waals surface area contributed by atoms with Gasteiger partial charge in [0.25, 0.3) is 0 Å². The van der Waals surface area contributed by atoms with Crippen LogP contribution in [0, 0.1) is 0 Å². The van der Waals surface area contributed by atoms with E-state index in [9.17, 15) is 4.79 Å². The molecule has 0 spiro atoms. The van der Waals surface area contributed by atoms with Crippen LogP contribution >= 0.6 is 0 Å². The predicted molar refractivity (Wildman–Crippen MR) is 67.0 cm³/mol. The Hall–Kier alpha value is -0.610. The third kappa shape index (κ3) is 9.12. The molecule has 0 heterocycles. The SMILES string of the molecule is CCCCOCCOC(CCCC)C(=O)OC. The Morgan fingerprint density at radius 1 is 1.06 bits per heavy atom. The fourth-order valence-electron chi connectivity index (χ4n) is 1.39. The van der Waals surface area contributed by atoms with Crippen LogP contribution in [-0.2, 0) is 19.0 Å². The van der Waals surface area contributed by atoms with Crippen molar-refractivity contribution in [3.63, 3.8) is 0 Å². The summed E-state index contributed by atoms with van der Waals surface area (Å²) in [5, 5.41) is 0. The number of carbonyl (C=O) groups excluding carboxylic acids is 1. The van der Waals surface area contributed by atoms with Crippen LogP contribution in [0.5, 0.6) is 0 Å². The van der Waals surface area contributed by atoms with Crippen molar-refractivity contribution in [2.75, 3.05) is 26.9 Å². The van der Waals surface area contributed by atoms with Gasteiger partial charge in [0, 0.05) is 6.61 Å². The minimum atomic E-state index is -0.435. The molecule has 0 rings (SSSR count). The van der Waals surface area contributed by atoms with E-state index in [1.807, 2.05) is 0 Å². The number of rotatable bonds is 11. The first-order chi connectivity index (χ1) is 8.26. The fourth-order valence-corrected chi connectivity index (χ4v) is 1.39. The molecule has 0 fully saturated rings. The maximum Gasteiger partial charge on any atom is 0.334 e. The smallest absolute Gasteiger partial charge is 0.334 e. The molecule has 0 aromatic carbocycles. The summed E-state index contributed by atoms with van der Waals surface area (Å²) >= 11 is 0. The number of esters is 1. The Labute approximate surface area is 105 Å². The molecule has 0 radical (unpaired) electrons.